The van der Waals surface area contributed by atoms with Crippen molar-refractivity contribution in [2.75, 3.05) is 0 Å². The lowest BCUT2D eigenvalue weighted by Crippen LogP contribution is -2.28. The van der Waals surface area contributed by atoms with Gasteiger partial charge in [0.2, 0.25) is 0 Å². The minimum absolute atomic E-state index is 0.486. The van der Waals surface area contributed by atoms with Crippen molar-refractivity contribution >= 4 is 31.5 Å². The van der Waals surface area contributed by atoms with Gasteiger partial charge in [-0.3, -0.25) is 0 Å². The van der Waals surface area contributed by atoms with Crippen molar-refractivity contribution in [1.29, 1.82) is 0 Å². The van der Waals surface area contributed by atoms with Crippen LogP contribution in [0.4, 0.5) is 0 Å². The first-order valence-corrected chi connectivity index (χ1v) is 21.8. The van der Waals surface area contributed by atoms with E-state index in [2.05, 4.69) is 218 Å². The van der Waals surface area contributed by atoms with E-state index in [1.165, 1.54) is 53.6 Å². The van der Waals surface area contributed by atoms with Gasteiger partial charge in [-0.1, -0.05) is 200 Å². The molecule has 1 aliphatic rings. The van der Waals surface area contributed by atoms with Crippen LogP contribution in [0.3, 0.4) is 0 Å². The zero-order valence-electron chi connectivity index (χ0n) is 33.6. The molecular formula is C58H37N3S. The van der Waals surface area contributed by atoms with Crippen LogP contribution in [0.25, 0.3) is 87.7 Å². The van der Waals surface area contributed by atoms with Crippen LogP contribution in [0.1, 0.15) is 22.3 Å². The monoisotopic (exact) mass is 807 g/mol. The molecule has 0 spiro atoms. The molecule has 3 nitrogen and oxygen atoms in total. The molecule has 12 rings (SSSR count). The maximum atomic E-state index is 5.33. The highest BCUT2D eigenvalue weighted by Crippen LogP contribution is 2.56. The summed E-state index contributed by atoms with van der Waals surface area (Å²) in [4.78, 5) is 15.9. The van der Waals surface area contributed by atoms with E-state index in [0.717, 1.165) is 38.9 Å². The quantitative estimate of drug-likeness (QED) is 0.161. The van der Waals surface area contributed by atoms with E-state index in [-0.39, 0.29) is 0 Å². The molecule has 0 saturated carbocycles. The Morgan fingerprint density at radius 1 is 0.306 bits per heavy atom. The maximum Gasteiger partial charge on any atom is 0.165 e. The Morgan fingerprint density at radius 3 is 1.60 bits per heavy atom. The van der Waals surface area contributed by atoms with Crippen molar-refractivity contribution in [3.05, 3.63) is 247 Å². The van der Waals surface area contributed by atoms with Crippen molar-refractivity contribution in [1.82, 2.24) is 15.0 Å². The van der Waals surface area contributed by atoms with Crippen molar-refractivity contribution in [3.8, 4) is 67.5 Å². The third-order valence-electron chi connectivity index (χ3n) is 12.4. The molecule has 0 radical (unpaired) electrons. The van der Waals surface area contributed by atoms with Gasteiger partial charge in [-0.2, -0.15) is 0 Å². The van der Waals surface area contributed by atoms with Crippen LogP contribution < -0.4 is 0 Å². The molecule has 11 aromatic rings. The van der Waals surface area contributed by atoms with Crippen LogP contribution in [-0.2, 0) is 5.41 Å². The van der Waals surface area contributed by atoms with Gasteiger partial charge in [0.05, 0.1) is 5.41 Å². The Kier molecular flexibility index (Phi) is 8.58. The van der Waals surface area contributed by atoms with E-state index in [9.17, 15) is 0 Å². The number of thiophene rings is 1. The van der Waals surface area contributed by atoms with Gasteiger partial charge in [0.15, 0.2) is 17.5 Å². The summed E-state index contributed by atoms with van der Waals surface area (Å²) in [6, 6.07) is 80.5. The van der Waals surface area contributed by atoms with Gasteiger partial charge in [0.1, 0.15) is 0 Å². The zero-order valence-corrected chi connectivity index (χ0v) is 34.4. The summed E-state index contributed by atoms with van der Waals surface area (Å²) in [7, 11) is 0. The summed E-state index contributed by atoms with van der Waals surface area (Å²) >= 11 is 1.79. The fourth-order valence-corrected chi connectivity index (χ4v) is 10.9. The smallest absolute Gasteiger partial charge is 0.165 e. The van der Waals surface area contributed by atoms with Gasteiger partial charge in [0.25, 0.3) is 0 Å². The highest BCUT2D eigenvalue weighted by molar-refractivity contribution is 7.26. The van der Waals surface area contributed by atoms with E-state index in [4.69, 9.17) is 15.0 Å². The van der Waals surface area contributed by atoms with E-state index < -0.39 is 5.41 Å². The third-order valence-corrected chi connectivity index (χ3v) is 13.7. The first-order valence-electron chi connectivity index (χ1n) is 21.0. The molecule has 62 heavy (non-hydrogen) atoms. The predicted octanol–water partition coefficient (Wildman–Crippen LogP) is 14.9. The molecule has 2 heterocycles. The summed E-state index contributed by atoms with van der Waals surface area (Å²) in [5.74, 6) is 1.92. The van der Waals surface area contributed by atoms with Gasteiger partial charge in [0, 0.05) is 36.9 Å². The van der Waals surface area contributed by atoms with E-state index in [1.54, 1.807) is 11.3 Å². The second-order valence-electron chi connectivity index (χ2n) is 15.9. The summed E-state index contributed by atoms with van der Waals surface area (Å²) in [5, 5.41) is 2.45. The third kappa shape index (κ3) is 5.76. The second kappa shape index (κ2) is 14.7. The normalized spacial score (nSPS) is 12.6. The lowest BCUT2D eigenvalue weighted by Gasteiger charge is -2.34. The largest absolute Gasteiger partial charge is 0.208 e. The maximum absolute atomic E-state index is 5.33. The SMILES string of the molecule is c1ccc(-c2ccccc2-c2nc(-c3cccc(-c4ccc5c(c4)C(c4ccccc4)(c4ccccc4)c4ccccc4-5)c3)nc(-c3cccc4c3sc3ccccc34)n2)cc1. The van der Waals surface area contributed by atoms with Gasteiger partial charge in [-0.15, -0.1) is 11.3 Å². The first kappa shape index (κ1) is 36.1. The lowest BCUT2D eigenvalue weighted by atomic mass is 9.67. The molecule has 0 fully saturated rings. The highest BCUT2D eigenvalue weighted by Gasteiger charge is 2.46. The first-order chi connectivity index (χ1) is 30.7. The van der Waals surface area contributed by atoms with E-state index >= 15 is 0 Å². The molecule has 0 saturated heterocycles. The molecular weight excluding hydrogens is 771 g/mol. The number of hydrogen-bond donors (Lipinski definition) is 0. The van der Waals surface area contributed by atoms with Gasteiger partial charge in [-0.05, 0) is 79.9 Å². The standard InChI is InChI=1S/C58H37N3S/c1-4-18-38(19-5-1)44-26-10-11-29-49(44)56-59-55(60-57(61-56)50-31-17-30-48-47-28-13-15-33-53(47)62-54(48)50)41-21-16-20-39(36-41)40-34-35-46-45-27-12-14-32-51(45)58(52(46)37-40,42-22-6-2-7-23-42)43-24-8-3-9-25-43/h1-37H. The molecule has 0 bridgehead atoms. The number of benzene rings is 9. The highest BCUT2D eigenvalue weighted by atomic mass is 32.1. The Morgan fingerprint density at radius 2 is 0.823 bits per heavy atom. The number of fused-ring (bicyclic) bond motifs is 6. The van der Waals surface area contributed by atoms with E-state index in [1.807, 2.05) is 6.07 Å². The number of aromatic nitrogens is 3. The van der Waals surface area contributed by atoms with Crippen LogP contribution in [0.2, 0.25) is 0 Å². The fraction of sp³-hybridized carbons (Fsp3) is 0.0172. The van der Waals surface area contributed by atoms with Gasteiger partial charge >= 0.3 is 0 Å². The van der Waals surface area contributed by atoms with Crippen molar-refractivity contribution in [2.24, 2.45) is 0 Å². The molecule has 2 aromatic heterocycles. The topological polar surface area (TPSA) is 38.7 Å². The Hall–Kier alpha value is -7.79. The molecule has 0 amide bonds. The average Bonchev–Trinajstić information content (AvgIpc) is 3.88. The Labute approximate surface area is 364 Å². The molecule has 290 valence electrons. The molecule has 0 aliphatic heterocycles. The average molecular weight is 808 g/mol. The second-order valence-corrected chi connectivity index (χ2v) is 16.9. The van der Waals surface area contributed by atoms with Gasteiger partial charge < -0.3 is 0 Å². The van der Waals surface area contributed by atoms with Crippen molar-refractivity contribution in [3.63, 3.8) is 0 Å². The van der Waals surface area contributed by atoms with Crippen LogP contribution in [0.5, 0.6) is 0 Å². The summed E-state index contributed by atoms with van der Waals surface area (Å²) in [6.07, 6.45) is 0. The zero-order chi connectivity index (χ0) is 41.0. The number of hydrogen-bond acceptors (Lipinski definition) is 4. The van der Waals surface area contributed by atoms with Gasteiger partial charge in [-0.25, -0.2) is 15.0 Å². The summed E-state index contributed by atoms with van der Waals surface area (Å²) in [6.45, 7) is 0. The molecule has 9 aromatic carbocycles. The lowest BCUT2D eigenvalue weighted by molar-refractivity contribution is 0.769. The van der Waals surface area contributed by atoms with Crippen LogP contribution in [-0.4, -0.2) is 15.0 Å². The molecule has 0 unspecified atom stereocenters. The molecule has 4 heteroatoms. The predicted molar refractivity (Wildman–Crippen MR) is 257 cm³/mol. The van der Waals surface area contributed by atoms with Crippen molar-refractivity contribution < 1.29 is 0 Å². The van der Waals surface area contributed by atoms with Crippen molar-refractivity contribution in [2.45, 2.75) is 5.41 Å². The number of nitrogens with zero attached hydrogens (tertiary/aromatic N) is 3. The van der Waals surface area contributed by atoms with E-state index in [0.29, 0.717) is 17.5 Å². The molecule has 0 atom stereocenters. The summed E-state index contributed by atoms with van der Waals surface area (Å²) < 4.78 is 2.41. The Bertz CT molecular complexity index is 3430. The minimum atomic E-state index is -0.486. The summed E-state index contributed by atoms with van der Waals surface area (Å²) in [5.41, 5.74) is 14.4. The molecule has 0 N–H and O–H groups in total. The fourth-order valence-electron chi connectivity index (χ4n) is 9.68. The van der Waals surface area contributed by atoms with Crippen LogP contribution in [0, 0.1) is 0 Å². The van der Waals surface area contributed by atoms with Crippen LogP contribution >= 0.6 is 11.3 Å². The Balaban J connectivity index is 1.05. The minimum Gasteiger partial charge on any atom is -0.208 e. The van der Waals surface area contributed by atoms with Crippen LogP contribution in [0.15, 0.2) is 224 Å². The number of rotatable bonds is 7. The molecule has 1 aliphatic carbocycles.